The first-order chi connectivity index (χ1) is 7.74. The fourth-order valence-electron chi connectivity index (χ4n) is 1.21. The lowest BCUT2D eigenvalue weighted by Crippen LogP contribution is -2.17. The van der Waals surface area contributed by atoms with Gasteiger partial charge in [-0.25, -0.2) is 4.98 Å². The Morgan fingerprint density at radius 1 is 1.44 bits per heavy atom. The summed E-state index contributed by atoms with van der Waals surface area (Å²) in [7, 11) is 0. The Morgan fingerprint density at radius 3 is 2.81 bits per heavy atom. The Hall–Kier alpha value is -1.69. The van der Waals surface area contributed by atoms with E-state index >= 15 is 0 Å². The van der Waals surface area contributed by atoms with Gasteiger partial charge in [0.1, 0.15) is 12.0 Å². The van der Waals surface area contributed by atoms with Crippen molar-refractivity contribution in [3.8, 4) is 0 Å². The Bertz CT molecular complexity index is 326. The summed E-state index contributed by atoms with van der Waals surface area (Å²) in [6.07, 6.45) is 2.25. The lowest BCUT2D eigenvalue weighted by Gasteiger charge is -2.05. The van der Waals surface area contributed by atoms with Gasteiger partial charge in [0.05, 0.1) is 4.92 Å². The van der Waals surface area contributed by atoms with Crippen LogP contribution in [0.25, 0.3) is 0 Å². The monoisotopic (exact) mass is 224 g/mol. The fourth-order valence-corrected chi connectivity index (χ4v) is 1.21. The van der Waals surface area contributed by atoms with Crippen molar-refractivity contribution in [2.45, 2.75) is 13.3 Å². The molecule has 0 amide bonds. The number of nitrogens with one attached hydrogen (secondary N) is 2. The molecular weight excluding hydrogens is 208 g/mol. The molecule has 0 aliphatic carbocycles. The first-order valence-electron chi connectivity index (χ1n) is 5.29. The minimum Gasteiger partial charge on any atom is -0.370 e. The average molecular weight is 224 g/mol. The van der Waals surface area contributed by atoms with Gasteiger partial charge in [-0.1, -0.05) is 6.92 Å². The van der Waals surface area contributed by atoms with Crippen LogP contribution in [-0.4, -0.2) is 29.5 Å². The lowest BCUT2D eigenvalue weighted by atomic mass is 10.4. The van der Waals surface area contributed by atoms with Crippen molar-refractivity contribution in [1.82, 2.24) is 10.3 Å². The molecule has 0 saturated carbocycles. The van der Waals surface area contributed by atoms with E-state index in [0.717, 1.165) is 26.1 Å². The van der Waals surface area contributed by atoms with Crippen LogP contribution in [0.1, 0.15) is 13.3 Å². The Morgan fingerprint density at radius 2 is 2.25 bits per heavy atom. The van der Waals surface area contributed by atoms with Gasteiger partial charge in [-0.15, -0.1) is 0 Å². The highest BCUT2D eigenvalue weighted by Gasteiger charge is 2.04. The van der Waals surface area contributed by atoms with Gasteiger partial charge in [0.25, 0.3) is 5.69 Å². The van der Waals surface area contributed by atoms with Crippen LogP contribution in [0.4, 0.5) is 11.5 Å². The second-order valence-corrected chi connectivity index (χ2v) is 3.29. The van der Waals surface area contributed by atoms with Crippen LogP contribution in [0.5, 0.6) is 0 Å². The van der Waals surface area contributed by atoms with Gasteiger partial charge in [0, 0.05) is 12.6 Å². The third-order valence-corrected chi connectivity index (χ3v) is 2.05. The van der Waals surface area contributed by atoms with Crippen LogP contribution in [0.2, 0.25) is 0 Å². The van der Waals surface area contributed by atoms with Crippen LogP contribution in [0.15, 0.2) is 18.3 Å². The Kier molecular flexibility index (Phi) is 5.21. The molecule has 0 spiro atoms. The molecule has 0 aliphatic heterocycles. The normalized spacial score (nSPS) is 10.1. The molecule has 16 heavy (non-hydrogen) atoms. The van der Waals surface area contributed by atoms with Gasteiger partial charge in [-0.3, -0.25) is 10.1 Å². The second kappa shape index (κ2) is 6.73. The third-order valence-electron chi connectivity index (χ3n) is 2.05. The highest BCUT2D eigenvalue weighted by atomic mass is 16.6. The molecule has 1 aromatic rings. The molecule has 0 radical (unpaired) electrons. The Balaban J connectivity index is 2.29. The molecule has 0 fully saturated rings. The average Bonchev–Trinajstić information content (AvgIpc) is 2.29. The highest BCUT2D eigenvalue weighted by Crippen LogP contribution is 2.11. The maximum atomic E-state index is 10.4. The van der Waals surface area contributed by atoms with E-state index in [1.807, 2.05) is 0 Å². The topological polar surface area (TPSA) is 80.1 Å². The van der Waals surface area contributed by atoms with Crippen molar-refractivity contribution in [2.75, 3.05) is 25.0 Å². The van der Waals surface area contributed by atoms with E-state index in [2.05, 4.69) is 22.5 Å². The maximum absolute atomic E-state index is 10.4. The number of pyridine rings is 1. The number of nitro groups is 1. The first-order valence-corrected chi connectivity index (χ1v) is 5.29. The number of anilines is 1. The summed E-state index contributed by atoms with van der Waals surface area (Å²) >= 11 is 0. The summed E-state index contributed by atoms with van der Waals surface area (Å²) in [6, 6.07) is 3.06. The summed E-state index contributed by atoms with van der Waals surface area (Å²) in [4.78, 5) is 13.9. The van der Waals surface area contributed by atoms with Crippen molar-refractivity contribution >= 4 is 11.5 Å². The largest absolute Gasteiger partial charge is 0.370 e. The van der Waals surface area contributed by atoms with Gasteiger partial charge in [-0.05, 0) is 25.6 Å². The summed E-state index contributed by atoms with van der Waals surface area (Å²) < 4.78 is 0. The van der Waals surface area contributed by atoms with Crippen molar-refractivity contribution in [1.29, 1.82) is 0 Å². The fraction of sp³-hybridized carbons (Fsp3) is 0.500. The molecular formula is C10H16N4O2. The predicted molar refractivity (Wildman–Crippen MR) is 62.5 cm³/mol. The number of rotatable bonds is 7. The summed E-state index contributed by atoms with van der Waals surface area (Å²) in [6.45, 7) is 4.79. The van der Waals surface area contributed by atoms with Crippen LogP contribution in [0, 0.1) is 10.1 Å². The zero-order chi connectivity index (χ0) is 11.8. The van der Waals surface area contributed by atoms with Crippen molar-refractivity contribution in [3.63, 3.8) is 0 Å². The van der Waals surface area contributed by atoms with E-state index < -0.39 is 4.92 Å². The number of nitrogens with zero attached hydrogens (tertiary/aromatic N) is 2. The van der Waals surface area contributed by atoms with E-state index in [9.17, 15) is 10.1 Å². The Labute approximate surface area is 94.2 Å². The molecule has 2 N–H and O–H groups in total. The molecule has 0 aliphatic rings. The van der Waals surface area contributed by atoms with Gasteiger partial charge in [0.15, 0.2) is 0 Å². The molecule has 6 heteroatoms. The SMILES string of the molecule is CCNCCCNc1ccc([N+](=O)[O-])cn1. The summed E-state index contributed by atoms with van der Waals surface area (Å²) in [5.41, 5.74) is 0.0122. The highest BCUT2D eigenvalue weighted by molar-refractivity contribution is 5.39. The van der Waals surface area contributed by atoms with E-state index in [1.165, 1.54) is 12.3 Å². The van der Waals surface area contributed by atoms with E-state index in [4.69, 9.17) is 0 Å². The van der Waals surface area contributed by atoms with Gasteiger partial charge < -0.3 is 10.6 Å². The molecule has 0 bridgehead atoms. The predicted octanol–water partition coefficient (Wildman–Crippen LogP) is 1.40. The molecule has 1 aromatic heterocycles. The first kappa shape index (κ1) is 12.4. The number of hydrogen-bond donors (Lipinski definition) is 2. The molecule has 1 heterocycles. The van der Waals surface area contributed by atoms with Crippen LogP contribution < -0.4 is 10.6 Å². The third kappa shape index (κ3) is 4.22. The summed E-state index contributed by atoms with van der Waals surface area (Å²) in [5, 5.41) is 16.7. The van der Waals surface area contributed by atoms with E-state index in [0.29, 0.717) is 5.82 Å². The van der Waals surface area contributed by atoms with Crippen LogP contribution in [-0.2, 0) is 0 Å². The van der Waals surface area contributed by atoms with E-state index in [1.54, 1.807) is 6.07 Å². The zero-order valence-electron chi connectivity index (χ0n) is 9.27. The maximum Gasteiger partial charge on any atom is 0.287 e. The van der Waals surface area contributed by atoms with Crippen LogP contribution >= 0.6 is 0 Å². The van der Waals surface area contributed by atoms with Crippen LogP contribution in [0.3, 0.4) is 0 Å². The van der Waals surface area contributed by atoms with Gasteiger partial charge in [-0.2, -0.15) is 0 Å². The minimum atomic E-state index is -0.456. The van der Waals surface area contributed by atoms with Gasteiger partial charge >= 0.3 is 0 Å². The molecule has 1 rings (SSSR count). The smallest absolute Gasteiger partial charge is 0.287 e. The minimum absolute atomic E-state index is 0.0122. The number of hydrogen-bond acceptors (Lipinski definition) is 5. The van der Waals surface area contributed by atoms with Crippen molar-refractivity contribution in [3.05, 3.63) is 28.4 Å². The quantitative estimate of drug-likeness (QED) is 0.415. The standard InChI is InChI=1S/C10H16N4O2/c1-2-11-6-3-7-12-10-5-4-9(8-13-10)14(15)16/h4-5,8,11H,2-3,6-7H2,1H3,(H,12,13). The molecule has 0 unspecified atom stereocenters. The molecule has 0 aromatic carbocycles. The van der Waals surface area contributed by atoms with Gasteiger partial charge in [0.2, 0.25) is 0 Å². The van der Waals surface area contributed by atoms with E-state index in [-0.39, 0.29) is 5.69 Å². The van der Waals surface area contributed by atoms with Crippen molar-refractivity contribution in [2.24, 2.45) is 0 Å². The lowest BCUT2D eigenvalue weighted by molar-refractivity contribution is -0.385. The van der Waals surface area contributed by atoms with Crippen molar-refractivity contribution < 1.29 is 4.92 Å². The number of aromatic nitrogens is 1. The molecule has 88 valence electrons. The molecule has 0 saturated heterocycles. The molecule has 0 atom stereocenters. The molecule has 6 nitrogen and oxygen atoms in total. The second-order valence-electron chi connectivity index (χ2n) is 3.29. The summed E-state index contributed by atoms with van der Waals surface area (Å²) in [5.74, 6) is 0.669. The zero-order valence-corrected chi connectivity index (χ0v) is 9.27.